The molecule has 0 aromatic heterocycles. The van der Waals surface area contributed by atoms with Crippen molar-refractivity contribution in [1.82, 2.24) is 0 Å². The molecule has 172 valence electrons. The van der Waals surface area contributed by atoms with Gasteiger partial charge in [0.1, 0.15) is 0 Å². The molecule has 0 aliphatic rings. The predicted molar refractivity (Wildman–Crippen MR) is 88.2 cm³/mol. The van der Waals surface area contributed by atoms with Crippen molar-refractivity contribution >= 4 is 34.1 Å². The highest BCUT2D eigenvalue weighted by Crippen LogP contribution is 2.38. The third-order valence-electron chi connectivity index (χ3n) is 3.47. The molecule has 0 fully saturated rings. The Balaban J connectivity index is 2.25. The Morgan fingerprint density at radius 3 is 1.09 bits per heavy atom. The fraction of sp³-hybridized carbons (Fsp3) is 0. The van der Waals surface area contributed by atoms with Crippen molar-refractivity contribution in [2.24, 2.45) is 0 Å². The summed E-state index contributed by atoms with van der Waals surface area (Å²) < 4.78 is 0. The van der Waals surface area contributed by atoms with Crippen molar-refractivity contribution < 1.29 is 54.8 Å². The largest absolute Gasteiger partial charge is 0.863 e. The fourth-order valence-corrected chi connectivity index (χ4v) is 2.07. The van der Waals surface area contributed by atoms with Crippen LogP contribution in [0.25, 0.3) is 0 Å². The van der Waals surface area contributed by atoms with Crippen molar-refractivity contribution in [1.29, 1.82) is 0 Å². The molecule has 0 bridgehead atoms. The van der Waals surface area contributed by atoms with Crippen LogP contribution < -0.4 is 10.2 Å². The fourth-order valence-electron chi connectivity index (χ4n) is 2.07. The highest BCUT2D eigenvalue weighted by molar-refractivity contribution is 5.64. The van der Waals surface area contributed by atoms with Gasteiger partial charge in [0, 0.05) is 9.98 Å². The van der Waals surface area contributed by atoms with E-state index in [-0.39, 0.29) is 24.3 Å². The summed E-state index contributed by atoms with van der Waals surface area (Å²) in [5.74, 6) is -3.33. The molecule has 0 aliphatic carbocycles. The SMILES string of the molecule is O=[N+]([O-])c1cc([N+](=O)[O-])c([O-])c([N+](=O)OOO[N+](=O)c2cc([N+](=O)[O-])cc([N+](=O)[O-])c2[O-])c1. The van der Waals surface area contributed by atoms with E-state index in [1.54, 1.807) is 0 Å². The van der Waals surface area contributed by atoms with E-state index < -0.39 is 75.2 Å². The van der Waals surface area contributed by atoms with Crippen LogP contribution in [-0.2, 0) is 15.0 Å². The van der Waals surface area contributed by atoms with E-state index in [2.05, 4.69) is 15.0 Å². The van der Waals surface area contributed by atoms with Gasteiger partial charge in [0.25, 0.3) is 32.6 Å². The topological polar surface area (TPSA) is 287 Å². The smallest absolute Gasteiger partial charge is 0.326 e. The van der Waals surface area contributed by atoms with Crippen molar-refractivity contribution in [3.8, 4) is 11.5 Å². The number of nitro benzene ring substituents is 4. The molecule has 0 radical (unpaired) electrons. The average molecular weight is 472 g/mol. The lowest BCUT2D eigenvalue weighted by molar-refractivity contribution is -0.979. The summed E-state index contributed by atoms with van der Waals surface area (Å²) in [4.78, 5) is 67.3. The molecule has 0 amide bonds. The number of nitrogens with zero attached hydrogens (tertiary/aromatic N) is 6. The number of nitro groups is 4. The monoisotopic (exact) mass is 472 g/mol. The molecule has 21 nitrogen and oxygen atoms in total. The Morgan fingerprint density at radius 1 is 0.515 bits per heavy atom. The lowest BCUT2D eigenvalue weighted by Gasteiger charge is -2.05. The Bertz CT molecular complexity index is 1130. The summed E-state index contributed by atoms with van der Waals surface area (Å²) in [5.41, 5.74) is -7.68. The summed E-state index contributed by atoms with van der Waals surface area (Å²) in [6.07, 6.45) is 0. The second-order valence-electron chi connectivity index (χ2n) is 5.39. The third kappa shape index (κ3) is 4.94. The van der Waals surface area contributed by atoms with Gasteiger partial charge in [0.05, 0.1) is 65.3 Å². The normalized spacial score (nSPS) is 10.2. The van der Waals surface area contributed by atoms with Crippen molar-refractivity contribution in [3.05, 3.63) is 74.5 Å². The third-order valence-corrected chi connectivity index (χ3v) is 3.47. The van der Waals surface area contributed by atoms with Crippen molar-refractivity contribution in [2.75, 3.05) is 0 Å². The van der Waals surface area contributed by atoms with E-state index in [9.17, 15) is 60.5 Å². The average Bonchev–Trinajstić information content (AvgIpc) is 2.72. The van der Waals surface area contributed by atoms with Crippen LogP contribution in [0.1, 0.15) is 0 Å². The molecule has 33 heavy (non-hydrogen) atoms. The zero-order valence-corrected chi connectivity index (χ0v) is 15.1. The summed E-state index contributed by atoms with van der Waals surface area (Å²) in [7, 11) is 0. The van der Waals surface area contributed by atoms with E-state index >= 15 is 0 Å². The highest BCUT2D eigenvalue weighted by Gasteiger charge is 2.34. The minimum atomic E-state index is -1.67. The van der Waals surface area contributed by atoms with Gasteiger partial charge in [-0.05, 0) is 0 Å². The number of hydrogen-bond donors (Lipinski definition) is 0. The summed E-state index contributed by atoms with van der Waals surface area (Å²) in [6.45, 7) is 0. The highest BCUT2D eigenvalue weighted by atomic mass is 17.6. The van der Waals surface area contributed by atoms with E-state index in [0.29, 0.717) is 0 Å². The number of benzene rings is 2. The van der Waals surface area contributed by atoms with Crippen LogP contribution in [0, 0.1) is 50.3 Å². The molecule has 0 atom stereocenters. The van der Waals surface area contributed by atoms with Crippen LogP contribution in [-0.4, -0.2) is 29.5 Å². The van der Waals surface area contributed by atoms with Gasteiger partial charge in [0.15, 0.2) is 5.04 Å². The maximum atomic E-state index is 11.9. The van der Waals surface area contributed by atoms with Gasteiger partial charge < -0.3 is 10.2 Å². The Kier molecular flexibility index (Phi) is 6.49. The number of non-ortho nitro benzene ring substituents is 2. The standard InChI is InChI=1S/C12H4N6O15/c19-11-7(15(25)26)1-5(13(21)22)3-9(11)17(29)31-33-32-18(30)10-4-6(14(23)24)2-8(12(10)20)16(27)28/h1-4H. The second-order valence-corrected chi connectivity index (χ2v) is 5.39. The predicted octanol–water partition coefficient (Wildman–Crippen LogP) is 0.697. The summed E-state index contributed by atoms with van der Waals surface area (Å²) in [5, 5.41) is 70.6. The molecule has 0 spiro atoms. The quantitative estimate of drug-likeness (QED) is 0.261. The molecule has 0 saturated carbocycles. The van der Waals surface area contributed by atoms with Crippen LogP contribution in [0.5, 0.6) is 11.5 Å². The van der Waals surface area contributed by atoms with Crippen LogP contribution in [0.15, 0.2) is 24.3 Å². The van der Waals surface area contributed by atoms with Crippen molar-refractivity contribution in [3.63, 3.8) is 0 Å². The molecule has 2 rings (SSSR count). The first-order valence-electron chi connectivity index (χ1n) is 7.58. The number of hydrogen-bond acceptors (Lipinski definition) is 15. The minimum absolute atomic E-state index is 0.250. The van der Waals surface area contributed by atoms with Gasteiger partial charge in [-0.2, -0.15) is 0 Å². The van der Waals surface area contributed by atoms with Crippen LogP contribution in [0.2, 0.25) is 0 Å². The lowest BCUT2D eigenvalue weighted by Crippen LogP contribution is -2.13. The van der Waals surface area contributed by atoms with E-state index in [4.69, 9.17) is 0 Å². The van der Waals surface area contributed by atoms with Gasteiger partial charge in [0.2, 0.25) is 0 Å². The molecular formula is C12H4N6O15. The molecule has 2 aromatic carbocycles. The minimum Gasteiger partial charge on any atom is -0.863 e. The lowest BCUT2D eigenvalue weighted by atomic mass is 10.2. The first-order valence-corrected chi connectivity index (χ1v) is 7.58. The zero-order chi connectivity index (χ0) is 25.0. The summed E-state index contributed by atoms with van der Waals surface area (Å²) in [6, 6.07) is 1.00. The summed E-state index contributed by atoms with van der Waals surface area (Å²) >= 11 is 0. The first-order chi connectivity index (χ1) is 15.3. The van der Waals surface area contributed by atoms with Gasteiger partial charge in [-0.1, -0.05) is 0 Å². The molecular weight excluding hydrogens is 468 g/mol. The van der Waals surface area contributed by atoms with E-state index in [1.165, 1.54) is 0 Å². The van der Waals surface area contributed by atoms with Crippen LogP contribution >= 0.6 is 0 Å². The molecule has 21 heteroatoms. The molecule has 0 unspecified atom stereocenters. The van der Waals surface area contributed by atoms with Gasteiger partial charge >= 0.3 is 11.4 Å². The maximum Gasteiger partial charge on any atom is 0.326 e. The molecule has 2 aromatic rings. The van der Waals surface area contributed by atoms with Crippen molar-refractivity contribution in [2.45, 2.75) is 0 Å². The molecule has 0 N–H and O–H groups in total. The van der Waals surface area contributed by atoms with E-state index in [0.717, 1.165) is 0 Å². The second kappa shape index (κ2) is 9.04. The Morgan fingerprint density at radius 2 is 0.818 bits per heavy atom. The molecule has 0 aliphatic heterocycles. The molecule has 0 heterocycles. The Labute approximate surface area is 176 Å². The van der Waals surface area contributed by atoms with Gasteiger partial charge in [-0.15, -0.1) is 0 Å². The van der Waals surface area contributed by atoms with Crippen LogP contribution in [0.3, 0.4) is 0 Å². The first kappa shape index (κ1) is 23.7. The maximum absolute atomic E-state index is 11.9. The van der Waals surface area contributed by atoms with Gasteiger partial charge in [-0.3, -0.25) is 40.5 Å². The van der Waals surface area contributed by atoms with E-state index in [1.807, 2.05) is 0 Å². The molecule has 0 saturated heterocycles. The Hall–Kier alpha value is -5.60. The van der Waals surface area contributed by atoms with Crippen LogP contribution in [0.4, 0.5) is 34.1 Å². The number of rotatable bonds is 10. The van der Waals surface area contributed by atoms with Gasteiger partial charge in [-0.25, -0.2) is 0 Å². The zero-order valence-electron chi connectivity index (χ0n) is 15.1.